The number of morpholine rings is 1. The minimum absolute atomic E-state index is 0. The Morgan fingerprint density at radius 3 is 2.68 bits per heavy atom. The van der Waals surface area contributed by atoms with E-state index in [9.17, 15) is 8.78 Å². The lowest BCUT2D eigenvalue weighted by atomic mass is 10.2. The number of hydrogen-bond donors (Lipinski definition) is 2. The molecule has 7 nitrogen and oxygen atoms in total. The number of benzene rings is 2. The van der Waals surface area contributed by atoms with Gasteiger partial charge in [-0.05, 0) is 49.7 Å². The smallest absolute Gasteiger partial charge is 0.246 e. The topological polar surface area (TPSA) is 67.2 Å². The largest absolute Gasteiger partial charge is 0.384 e. The van der Waals surface area contributed by atoms with Crippen LogP contribution in [0.4, 0.5) is 26.1 Å². The number of nitrogens with zero attached hydrogens (tertiary/aromatic N) is 4. The molecule has 0 amide bonds. The van der Waals surface area contributed by atoms with Crippen LogP contribution in [0.1, 0.15) is 15.3 Å². The van der Waals surface area contributed by atoms with Crippen LogP contribution in [-0.2, 0) is 4.74 Å². The Bertz CT molecular complexity index is 1030. The van der Waals surface area contributed by atoms with Gasteiger partial charge in [0, 0.05) is 46.0 Å². The highest BCUT2D eigenvalue weighted by molar-refractivity contribution is 5.63. The molecule has 1 aliphatic heterocycles. The number of halogens is 2. The average molecular weight is 433 g/mol. The molecule has 3 aromatic rings. The molecule has 0 radical (unpaired) electrons. The summed E-state index contributed by atoms with van der Waals surface area (Å²) in [5.41, 5.74) is 3.17. The zero-order valence-electron chi connectivity index (χ0n) is 17.6. The minimum atomic E-state index is -0.666. The van der Waals surface area contributed by atoms with Gasteiger partial charge in [0.15, 0.2) is 0 Å². The van der Waals surface area contributed by atoms with Gasteiger partial charge in [-0.3, -0.25) is 4.90 Å². The second kappa shape index (κ2) is 9.40. The number of rotatable bonds is 7. The third-order valence-corrected chi connectivity index (χ3v) is 5.17. The zero-order chi connectivity index (χ0) is 21.8. The molecule has 1 atom stereocenters. The molecule has 1 aliphatic rings. The van der Waals surface area contributed by atoms with Gasteiger partial charge in [0.05, 0.1) is 18.9 Å². The summed E-state index contributed by atoms with van der Waals surface area (Å²) in [6, 6.07) is 9.70. The van der Waals surface area contributed by atoms with Crippen LogP contribution in [0.25, 0.3) is 5.69 Å². The van der Waals surface area contributed by atoms with Gasteiger partial charge >= 0.3 is 0 Å². The molecule has 2 N–H and O–H groups in total. The van der Waals surface area contributed by atoms with Crippen LogP contribution >= 0.6 is 0 Å². The Morgan fingerprint density at radius 2 is 1.90 bits per heavy atom. The van der Waals surface area contributed by atoms with E-state index in [1.54, 1.807) is 0 Å². The van der Waals surface area contributed by atoms with Crippen LogP contribution in [0.2, 0.25) is 0 Å². The molecule has 2 heterocycles. The fraction of sp³-hybridized carbons (Fsp3) is 0.364. The van der Waals surface area contributed by atoms with Gasteiger partial charge in [0.25, 0.3) is 0 Å². The summed E-state index contributed by atoms with van der Waals surface area (Å²) >= 11 is 0. The van der Waals surface area contributed by atoms with Crippen molar-refractivity contribution in [1.29, 1.82) is 0 Å². The first-order valence-corrected chi connectivity index (χ1v) is 10.3. The molecule has 1 aromatic heterocycles. The Kier molecular flexibility index (Phi) is 6.43. The summed E-state index contributed by atoms with van der Waals surface area (Å²) in [4.78, 5) is 6.61. The maximum absolute atomic E-state index is 13.5. The number of aryl methyl sites for hydroxylation is 1. The van der Waals surface area contributed by atoms with Crippen molar-refractivity contribution in [3.63, 3.8) is 0 Å². The second-order valence-corrected chi connectivity index (χ2v) is 7.74. The van der Waals surface area contributed by atoms with Gasteiger partial charge in [-0.1, -0.05) is 0 Å². The van der Waals surface area contributed by atoms with Crippen molar-refractivity contribution < 1.29 is 16.4 Å². The van der Waals surface area contributed by atoms with Crippen molar-refractivity contribution in [3.8, 4) is 5.69 Å². The first-order valence-electron chi connectivity index (χ1n) is 10.3. The lowest BCUT2D eigenvalue weighted by Crippen LogP contribution is -2.45. The predicted octanol–water partition coefficient (Wildman–Crippen LogP) is 4.22. The van der Waals surface area contributed by atoms with Gasteiger partial charge in [0.1, 0.15) is 18.0 Å². The molecule has 1 fully saturated rings. The zero-order valence-corrected chi connectivity index (χ0v) is 17.6. The number of anilines is 3. The fourth-order valence-corrected chi connectivity index (χ4v) is 3.64. The van der Waals surface area contributed by atoms with Gasteiger partial charge in [0.2, 0.25) is 5.95 Å². The standard InChI is InChI=1S/C22H26F2N6O.2H2/c1-15-7-19(25-3-4-29-5-6-31-13-16(29)2)12-20(8-15)27-22-26-14-30(28-22)21-10-17(23)9-18(24)11-21;;/h7-12,14,16,25H,3-6,13H2,1-2H3,(H,27,28);2*1H. The minimum Gasteiger partial charge on any atom is -0.384 e. The van der Waals surface area contributed by atoms with E-state index in [0.29, 0.717) is 12.0 Å². The summed E-state index contributed by atoms with van der Waals surface area (Å²) < 4.78 is 33.7. The van der Waals surface area contributed by atoms with Crippen LogP contribution in [0, 0.1) is 18.6 Å². The molecular weight excluding hydrogens is 402 g/mol. The summed E-state index contributed by atoms with van der Waals surface area (Å²) in [5.74, 6) is -0.995. The number of aromatic nitrogens is 3. The molecule has 168 valence electrons. The predicted molar refractivity (Wildman–Crippen MR) is 120 cm³/mol. The third kappa shape index (κ3) is 5.56. The van der Waals surface area contributed by atoms with Crippen molar-refractivity contribution in [2.45, 2.75) is 19.9 Å². The highest BCUT2D eigenvalue weighted by Crippen LogP contribution is 2.22. The third-order valence-electron chi connectivity index (χ3n) is 5.17. The normalized spacial score (nSPS) is 17.0. The van der Waals surface area contributed by atoms with Gasteiger partial charge in [-0.15, -0.1) is 5.10 Å². The molecule has 1 unspecified atom stereocenters. The van der Waals surface area contributed by atoms with E-state index in [1.807, 2.05) is 19.1 Å². The lowest BCUT2D eigenvalue weighted by Gasteiger charge is -2.33. The molecule has 0 spiro atoms. The van der Waals surface area contributed by atoms with Crippen LogP contribution < -0.4 is 10.6 Å². The van der Waals surface area contributed by atoms with Gasteiger partial charge < -0.3 is 15.4 Å². The lowest BCUT2D eigenvalue weighted by molar-refractivity contribution is 0.00181. The molecule has 2 aromatic carbocycles. The van der Waals surface area contributed by atoms with E-state index in [-0.39, 0.29) is 8.54 Å². The van der Waals surface area contributed by atoms with Crippen molar-refractivity contribution >= 4 is 17.3 Å². The first-order chi connectivity index (χ1) is 15.0. The monoisotopic (exact) mass is 432 g/mol. The summed E-state index contributed by atoms with van der Waals surface area (Å²) in [5, 5.41) is 10.9. The molecule has 0 aliphatic carbocycles. The van der Waals surface area contributed by atoms with Crippen LogP contribution in [0.5, 0.6) is 0 Å². The SMILES string of the molecule is Cc1cc(NCCN2CCOCC2C)cc(Nc2ncn(-c3cc(F)cc(F)c3)n2)c1.[HH].[HH]. The summed E-state index contributed by atoms with van der Waals surface area (Å²) in [7, 11) is 0. The maximum atomic E-state index is 13.5. The maximum Gasteiger partial charge on any atom is 0.246 e. The number of hydrogen-bond acceptors (Lipinski definition) is 6. The van der Waals surface area contributed by atoms with Crippen molar-refractivity contribution in [3.05, 3.63) is 59.9 Å². The number of nitrogens with one attached hydrogen (secondary N) is 2. The van der Waals surface area contributed by atoms with E-state index in [1.165, 1.54) is 23.1 Å². The highest BCUT2D eigenvalue weighted by atomic mass is 19.1. The van der Waals surface area contributed by atoms with Gasteiger partial charge in [-0.25, -0.2) is 13.5 Å². The fourth-order valence-electron chi connectivity index (χ4n) is 3.64. The molecule has 0 bridgehead atoms. The summed E-state index contributed by atoms with van der Waals surface area (Å²) in [6.07, 6.45) is 1.41. The molecule has 1 saturated heterocycles. The van der Waals surface area contributed by atoms with Crippen molar-refractivity contribution in [2.75, 3.05) is 43.5 Å². The van der Waals surface area contributed by atoms with Crippen LogP contribution in [-0.4, -0.2) is 58.6 Å². The second-order valence-electron chi connectivity index (χ2n) is 7.74. The Morgan fingerprint density at radius 1 is 1.13 bits per heavy atom. The van der Waals surface area contributed by atoms with Crippen molar-refractivity contribution in [1.82, 2.24) is 19.7 Å². The Balaban J connectivity index is 0.00000193. The Labute approximate surface area is 183 Å². The average Bonchev–Trinajstić information content (AvgIpc) is 3.17. The van der Waals surface area contributed by atoms with E-state index in [0.717, 1.165) is 55.9 Å². The van der Waals surface area contributed by atoms with E-state index >= 15 is 0 Å². The molecular formula is C22H30F2N6O. The van der Waals surface area contributed by atoms with Crippen LogP contribution in [0.15, 0.2) is 42.7 Å². The van der Waals surface area contributed by atoms with E-state index < -0.39 is 11.6 Å². The molecule has 31 heavy (non-hydrogen) atoms. The van der Waals surface area contributed by atoms with E-state index in [4.69, 9.17) is 4.74 Å². The van der Waals surface area contributed by atoms with Gasteiger partial charge in [-0.2, -0.15) is 4.98 Å². The molecule has 0 saturated carbocycles. The highest BCUT2D eigenvalue weighted by Gasteiger charge is 2.17. The van der Waals surface area contributed by atoms with E-state index in [2.05, 4.69) is 38.6 Å². The summed E-state index contributed by atoms with van der Waals surface area (Å²) in [6.45, 7) is 8.47. The molecule has 4 rings (SSSR count). The van der Waals surface area contributed by atoms with Crippen LogP contribution in [0.3, 0.4) is 0 Å². The Hall–Kier alpha value is -3.04. The number of ether oxygens (including phenoxy) is 1. The quantitative estimate of drug-likeness (QED) is 0.583. The van der Waals surface area contributed by atoms with Crippen molar-refractivity contribution in [2.24, 2.45) is 0 Å². The molecule has 9 heteroatoms. The first kappa shape index (κ1) is 21.2.